The van der Waals surface area contributed by atoms with Crippen LogP contribution in [0.4, 0.5) is 0 Å². The molecule has 2 saturated carbocycles. The number of fused-ring (bicyclic) bond motifs is 3. The summed E-state index contributed by atoms with van der Waals surface area (Å²) in [5.41, 5.74) is 4.28. The summed E-state index contributed by atoms with van der Waals surface area (Å²) in [5, 5.41) is 10.4. The van der Waals surface area contributed by atoms with Crippen LogP contribution in [0.25, 0.3) is 11.3 Å². The fraction of sp³-hybridized carbons (Fsp3) is 0.471. The van der Waals surface area contributed by atoms with Crippen LogP contribution in [-0.2, 0) is 0 Å². The summed E-state index contributed by atoms with van der Waals surface area (Å²) in [6.07, 6.45) is 8.65. The average Bonchev–Trinajstić information content (AvgIpc) is 2.97. The van der Waals surface area contributed by atoms with Crippen molar-refractivity contribution in [1.82, 2.24) is 9.55 Å². The number of nitrogens with zero attached hydrogens (tertiary/aromatic N) is 2. The Hall–Kier alpha value is -1.61. The topological polar surface area (TPSA) is 38.1 Å². The van der Waals surface area contributed by atoms with Gasteiger partial charge in [0.15, 0.2) is 0 Å². The van der Waals surface area contributed by atoms with E-state index in [4.69, 9.17) is 0 Å². The quantitative estimate of drug-likeness (QED) is 0.861. The van der Waals surface area contributed by atoms with Crippen LogP contribution in [0.3, 0.4) is 0 Å². The molecule has 2 fully saturated rings. The lowest BCUT2D eigenvalue weighted by atomic mass is 9.46. The lowest BCUT2D eigenvalue weighted by Crippen LogP contribution is -2.58. The molecule has 3 nitrogen and oxygen atoms in total. The fourth-order valence-electron chi connectivity index (χ4n) is 4.88. The average molecular weight is 266 g/mol. The lowest BCUT2D eigenvalue weighted by Gasteiger charge is -2.61. The van der Waals surface area contributed by atoms with Gasteiger partial charge in [0.05, 0.1) is 30.4 Å². The van der Waals surface area contributed by atoms with E-state index in [-0.39, 0.29) is 12.1 Å². The van der Waals surface area contributed by atoms with E-state index in [1.807, 2.05) is 12.5 Å². The molecular formula is C17H18N2O. The first kappa shape index (κ1) is 11.1. The minimum absolute atomic E-state index is 0.151. The summed E-state index contributed by atoms with van der Waals surface area (Å²) in [6, 6.07) is 8.90. The molecule has 1 aromatic carbocycles. The van der Waals surface area contributed by atoms with Gasteiger partial charge < -0.3 is 9.67 Å². The molecule has 2 heterocycles. The monoisotopic (exact) mass is 266 g/mol. The molecule has 2 aliphatic carbocycles. The predicted octanol–water partition coefficient (Wildman–Crippen LogP) is 3.00. The molecule has 1 aromatic heterocycles. The van der Waals surface area contributed by atoms with Crippen LogP contribution in [-0.4, -0.2) is 20.8 Å². The summed E-state index contributed by atoms with van der Waals surface area (Å²) in [5.74, 6) is 0.368. The number of hydrogen-bond donors (Lipinski definition) is 1. The van der Waals surface area contributed by atoms with Crippen LogP contribution in [0.1, 0.15) is 37.3 Å². The highest BCUT2D eigenvalue weighted by Crippen LogP contribution is 2.65. The highest BCUT2D eigenvalue weighted by molar-refractivity contribution is 5.69. The number of aliphatic hydroxyl groups is 1. The van der Waals surface area contributed by atoms with Crippen molar-refractivity contribution in [2.75, 3.05) is 0 Å². The number of hydrogen-bond acceptors (Lipinski definition) is 2. The van der Waals surface area contributed by atoms with Gasteiger partial charge in [0.2, 0.25) is 0 Å². The van der Waals surface area contributed by atoms with E-state index in [9.17, 15) is 5.11 Å². The summed E-state index contributed by atoms with van der Waals surface area (Å²) < 4.78 is 2.29. The Morgan fingerprint density at radius 2 is 2.10 bits per heavy atom. The van der Waals surface area contributed by atoms with Gasteiger partial charge in [0.1, 0.15) is 0 Å². The SMILES string of the molecule is O[C@H]1CC2(CCC2)[C@H]1[C@@H]1c2ccccc2-c2cncn21. The van der Waals surface area contributed by atoms with Crippen molar-refractivity contribution >= 4 is 0 Å². The molecule has 3 atom stereocenters. The van der Waals surface area contributed by atoms with Gasteiger partial charge in [-0.1, -0.05) is 30.7 Å². The van der Waals surface area contributed by atoms with Crippen LogP contribution in [0.2, 0.25) is 0 Å². The molecular weight excluding hydrogens is 248 g/mol. The number of aromatic nitrogens is 2. The van der Waals surface area contributed by atoms with Gasteiger partial charge in [-0.15, -0.1) is 0 Å². The van der Waals surface area contributed by atoms with Crippen LogP contribution in [0.15, 0.2) is 36.8 Å². The van der Waals surface area contributed by atoms with Gasteiger partial charge in [-0.2, -0.15) is 0 Å². The van der Waals surface area contributed by atoms with E-state index in [0.29, 0.717) is 11.3 Å². The van der Waals surface area contributed by atoms with Crippen molar-refractivity contribution < 1.29 is 5.11 Å². The number of benzene rings is 1. The molecule has 1 N–H and O–H groups in total. The third kappa shape index (κ3) is 1.14. The van der Waals surface area contributed by atoms with Gasteiger partial charge in [0.25, 0.3) is 0 Å². The van der Waals surface area contributed by atoms with Crippen LogP contribution >= 0.6 is 0 Å². The molecule has 1 aliphatic heterocycles. The van der Waals surface area contributed by atoms with Gasteiger partial charge in [0, 0.05) is 11.5 Å². The first-order chi connectivity index (χ1) is 9.80. The molecule has 1 spiro atoms. The molecule has 0 amide bonds. The summed E-state index contributed by atoms with van der Waals surface area (Å²) >= 11 is 0. The molecule has 3 aliphatic rings. The van der Waals surface area contributed by atoms with Gasteiger partial charge in [-0.05, 0) is 30.2 Å². The fourth-order valence-corrected chi connectivity index (χ4v) is 4.88. The number of rotatable bonds is 1. The Morgan fingerprint density at radius 3 is 2.85 bits per heavy atom. The first-order valence-electron chi connectivity index (χ1n) is 7.59. The second-order valence-corrected chi connectivity index (χ2v) is 6.73. The van der Waals surface area contributed by atoms with Crippen molar-refractivity contribution in [3.05, 3.63) is 42.4 Å². The summed E-state index contributed by atoms with van der Waals surface area (Å²) in [6.45, 7) is 0. The maximum atomic E-state index is 10.4. The molecule has 102 valence electrons. The number of imidazole rings is 1. The van der Waals surface area contributed by atoms with E-state index in [1.54, 1.807) is 0 Å². The van der Waals surface area contributed by atoms with Gasteiger partial charge in [-0.3, -0.25) is 0 Å². The van der Waals surface area contributed by atoms with Crippen molar-refractivity contribution in [2.45, 2.75) is 37.8 Å². The zero-order chi connectivity index (χ0) is 13.3. The lowest BCUT2D eigenvalue weighted by molar-refractivity contribution is -0.165. The van der Waals surface area contributed by atoms with E-state index in [1.165, 1.54) is 36.1 Å². The molecule has 0 radical (unpaired) electrons. The normalized spacial score (nSPS) is 32.4. The van der Waals surface area contributed by atoms with Gasteiger partial charge >= 0.3 is 0 Å². The van der Waals surface area contributed by atoms with Crippen LogP contribution < -0.4 is 0 Å². The van der Waals surface area contributed by atoms with Crippen molar-refractivity contribution in [1.29, 1.82) is 0 Å². The van der Waals surface area contributed by atoms with Gasteiger partial charge in [-0.25, -0.2) is 4.98 Å². The summed E-state index contributed by atoms with van der Waals surface area (Å²) in [7, 11) is 0. The predicted molar refractivity (Wildman–Crippen MR) is 76.2 cm³/mol. The Morgan fingerprint density at radius 1 is 1.25 bits per heavy atom. The van der Waals surface area contributed by atoms with Crippen molar-refractivity contribution in [3.63, 3.8) is 0 Å². The standard InChI is InChI=1S/C17H18N2O/c20-14-8-17(6-3-7-17)15(14)16-12-5-2-1-4-11(12)13-9-18-10-19(13)16/h1-2,4-5,9-10,14-16,20H,3,6-8H2/t14-,15+,16-/m0/s1. The molecule has 2 aromatic rings. The third-order valence-electron chi connectivity index (χ3n) is 5.95. The van der Waals surface area contributed by atoms with E-state index in [0.717, 1.165) is 6.42 Å². The van der Waals surface area contributed by atoms with E-state index in [2.05, 4.69) is 33.8 Å². The minimum atomic E-state index is -0.151. The Balaban J connectivity index is 1.68. The largest absolute Gasteiger partial charge is 0.393 e. The Bertz CT molecular complexity index is 686. The minimum Gasteiger partial charge on any atom is -0.393 e. The molecule has 0 bridgehead atoms. The van der Waals surface area contributed by atoms with Crippen molar-refractivity contribution in [2.24, 2.45) is 11.3 Å². The summed E-state index contributed by atoms with van der Waals surface area (Å²) in [4.78, 5) is 4.33. The van der Waals surface area contributed by atoms with Crippen LogP contribution in [0.5, 0.6) is 0 Å². The van der Waals surface area contributed by atoms with Crippen LogP contribution in [0, 0.1) is 11.3 Å². The Labute approximate surface area is 118 Å². The first-order valence-corrected chi connectivity index (χ1v) is 7.59. The van der Waals surface area contributed by atoms with E-state index >= 15 is 0 Å². The smallest absolute Gasteiger partial charge is 0.0956 e. The molecule has 0 unspecified atom stereocenters. The van der Waals surface area contributed by atoms with E-state index < -0.39 is 0 Å². The second kappa shape index (κ2) is 3.53. The second-order valence-electron chi connectivity index (χ2n) is 6.73. The molecule has 3 heteroatoms. The maximum Gasteiger partial charge on any atom is 0.0956 e. The highest BCUT2D eigenvalue weighted by atomic mass is 16.3. The maximum absolute atomic E-state index is 10.4. The highest BCUT2D eigenvalue weighted by Gasteiger charge is 2.60. The zero-order valence-electron chi connectivity index (χ0n) is 11.4. The van der Waals surface area contributed by atoms with Crippen molar-refractivity contribution in [3.8, 4) is 11.3 Å². The Kier molecular flexibility index (Phi) is 1.96. The third-order valence-corrected chi connectivity index (χ3v) is 5.95. The number of aliphatic hydroxyl groups excluding tert-OH is 1. The zero-order valence-corrected chi connectivity index (χ0v) is 11.4. The molecule has 0 saturated heterocycles. The molecule has 20 heavy (non-hydrogen) atoms. The molecule has 5 rings (SSSR count).